The summed E-state index contributed by atoms with van der Waals surface area (Å²) in [7, 11) is -4.88. The van der Waals surface area contributed by atoms with Gasteiger partial charge in [-0.05, 0) is 137 Å². The van der Waals surface area contributed by atoms with Gasteiger partial charge in [-0.1, -0.05) is 13.0 Å². The van der Waals surface area contributed by atoms with E-state index in [2.05, 4.69) is 84.0 Å². The minimum atomic E-state index is -1.68. The van der Waals surface area contributed by atoms with Gasteiger partial charge in [-0.25, -0.2) is 0 Å². The van der Waals surface area contributed by atoms with Gasteiger partial charge >= 0.3 is 0 Å². The molecule has 3 nitrogen and oxygen atoms in total. The van der Waals surface area contributed by atoms with Gasteiger partial charge < -0.3 is 13.3 Å². The smallest absolute Gasteiger partial charge is 0.242 e. The third kappa shape index (κ3) is 5.55. The van der Waals surface area contributed by atoms with Gasteiger partial charge in [-0.15, -0.1) is 0 Å². The molecule has 186 valence electrons. The summed E-state index contributed by atoms with van der Waals surface area (Å²) in [5, 5.41) is 0. The second-order valence-electron chi connectivity index (χ2n) is 14.2. The van der Waals surface area contributed by atoms with Gasteiger partial charge in [-0.2, -0.15) is 0 Å². The second kappa shape index (κ2) is 8.61. The van der Waals surface area contributed by atoms with Gasteiger partial charge in [0.05, 0.1) is 12.2 Å². The Hall–Kier alpha value is -0.409. The van der Waals surface area contributed by atoms with Gasteiger partial charge in [0.25, 0.3) is 0 Å². The summed E-state index contributed by atoms with van der Waals surface area (Å²) in [4.78, 5) is 0. The van der Waals surface area contributed by atoms with Crippen LogP contribution in [0.4, 0.5) is 0 Å². The molecule has 2 fully saturated rings. The van der Waals surface area contributed by atoms with E-state index in [-0.39, 0.29) is 6.10 Å². The lowest BCUT2D eigenvalue weighted by atomic mass is 9.55. The number of hydrogen-bond acceptors (Lipinski definition) is 3. The Balaban J connectivity index is 1.68. The van der Waals surface area contributed by atoms with Gasteiger partial charge in [0.2, 0.25) is 8.32 Å². The molecule has 0 spiro atoms. The topological polar surface area (TPSA) is 27.7 Å². The van der Waals surface area contributed by atoms with Crippen LogP contribution in [0.1, 0.15) is 62.2 Å². The molecule has 0 heterocycles. The van der Waals surface area contributed by atoms with Crippen LogP contribution < -0.4 is 4.43 Å². The zero-order chi connectivity index (χ0) is 24.4. The fourth-order valence-corrected chi connectivity index (χ4v) is 10.2. The molecule has 6 heteroatoms. The highest BCUT2D eigenvalue weighted by molar-refractivity contribution is 6.70. The third-order valence-electron chi connectivity index (χ3n) is 8.06. The normalized spacial score (nSPS) is 34.4. The molecular formula is C27H48O3Si3. The number of benzene rings is 1. The number of fused-ring (bicyclic) bond motifs is 5. The fourth-order valence-electron chi connectivity index (χ4n) is 7.07. The van der Waals surface area contributed by atoms with Crippen LogP contribution in [0.15, 0.2) is 18.2 Å². The van der Waals surface area contributed by atoms with Crippen molar-refractivity contribution in [1.29, 1.82) is 0 Å². The Kier molecular flexibility index (Phi) is 6.70. The van der Waals surface area contributed by atoms with Crippen LogP contribution in [0, 0.1) is 17.3 Å². The molecule has 1 aromatic rings. The molecule has 4 rings (SSSR count). The highest BCUT2D eigenvalue weighted by Crippen LogP contribution is 2.63. The van der Waals surface area contributed by atoms with E-state index < -0.39 is 25.0 Å². The van der Waals surface area contributed by atoms with E-state index >= 15 is 0 Å². The molecule has 33 heavy (non-hydrogen) atoms. The average molecular weight is 505 g/mol. The second-order valence-corrected chi connectivity index (χ2v) is 27.5. The molecule has 3 aliphatic rings. The van der Waals surface area contributed by atoms with E-state index in [0.29, 0.717) is 23.4 Å². The minimum absolute atomic E-state index is 0.206. The highest BCUT2D eigenvalue weighted by atomic mass is 28.4. The van der Waals surface area contributed by atoms with Crippen molar-refractivity contribution in [3.05, 3.63) is 29.3 Å². The largest absolute Gasteiger partial charge is 0.544 e. The van der Waals surface area contributed by atoms with E-state index in [1.807, 2.05) is 0 Å². The molecule has 0 N–H and O–H groups in total. The Morgan fingerprint density at radius 1 is 0.788 bits per heavy atom. The maximum atomic E-state index is 6.90. The molecule has 0 aliphatic heterocycles. The first kappa shape index (κ1) is 25.7. The molecule has 0 saturated heterocycles. The fraction of sp³-hybridized carbons (Fsp3) is 0.778. The maximum Gasteiger partial charge on any atom is 0.242 e. The van der Waals surface area contributed by atoms with Crippen LogP contribution in [-0.4, -0.2) is 31.1 Å². The van der Waals surface area contributed by atoms with Crippen LogP contribution in [0.5, 0.6) is 5.75 Å². The van der Waals surface area contributed by atoms with Crippen molar-refractivity contribution in [2.45, 2.75) is 116 Å². The molecule has 1 aromatic carbocycles. The summed E-state index contributed by atoms with van der Waals surface area (Å²) >= 11 is 0. The molecule has 0 radical (unpaired) electrons. The molecule has 6 atom stereocenters. The van der Waals surface area contributed by atoms with E-state index in [0.717, 1.165) is 18.1 Å². The van der Waals surface area contributed by atoms with Crippen LogP contribution in [0.2, 0.25) is 58.9 Å². The van der Waals surface area contributed by atoms with Gasteiger partial charge in [0, 0.05) is 0 Å². The lowest BCUT2D eigenvalue weighted by molar-refractivity contribution is -0.0283. The summed E-state index contributed by atoms with van der Waals surface area (Å²) in [6.45, 7) is 23.4. The van der Waals surface area contributed by atoms with Crippen molar-refractivity contribution in [3.63, 3.8) is 0 Å². The van der Waals surface area contributed by atoms with Crippen LogP contribution in [0.25, 0.3) is 0 Å². The Bertz CT molecular complexity index is 867. The lowest BCUT2D eigenvalue weighted by Crippen LogP contribution is -2.48. The Morgan fingerprint density at radius 2 is 1.45 bits per heavy atom. The summed E-state index contributed by atoms with van der Waals surface area (Å²) in [6.07, 6.45) is 6.95. The predicted molar refractivity (Wildman–Crippen MR) is 147 cm³/mol. The summed E-state index contributed by atoms with van der Waals surface area (Å²) in [5.41, 5.74) is 3.30. The van der Waals surface area contributed by atoms with Crippen molar-refractivity contribution >= 4 is 25.0 Å². The zero-order valence-electron chi connectivity index (χ0n) is 22.9. The first-order chi connectivity index (χ1) is 15.1. The van der Waals surface area contributed by atoms with E-state index in [4.69, 9.17) is 13.3 Å². The first-order valence-electron chi connectivity index (χ1n) is 13.2. The summed E-state index contributed by atoms with van der Waals surface area (Å²) in [6, 6.07) is 6.98. The number of rotatable bonds is 6. The molecule has 2 saturated carbocycles. The maximum absolute atomic E-state index is 6.90. The lowest BCUT2D eigenvalue weighted by Gasteiger charge is -2.53. The van der Waals surface area contributed by atoms with Gasteiger partial charge in [0.1, 0.15) is 5.75 Å². The predicted octanol–water partition coefficient (Wildman–Crippen LogP) is 8.33. The summed E-state index contributed by atoms with van der Waals surface area (Å²) in [5.74, 6) is 3.15. The Labute approximate surface area is 206 Å². The molecular weight excluding hydrogens is 457 g/mol. The first-order valence-corrected chi connectivity index (χ1v) is 23.5. The van der Waals surface area contributed by atoms with Crippen molar-refractivity contribution in [1.82, 2.24) is 0 Å². The van der Waals surface area contributed by atoms with Crippen LogP contribution in [-0.2, 0) is 8.85 Å². The zero-order valence-corrected chi connectivity index (χ0v) is 25.9. The Morgan fingerprint density at radius 3 is 2.06 bits per heavy atom. The average Bonchev–Trinajstić information content (AvgIpc) is 2.94. The minimum Gasteiger partial charge on any atom is -0.544 e. The van der Waals surface area contributed by atoms with Crippen LogP contribution in [0.3, 0.4) is 0 Å². The quantitative estimate of drug-likeness (QED) is 0.364. The van der Waals surface area contributed by atoms with Crippen molar-refractivity contribution in [2.24, 2.45) is 17.3 Å². The van der Waals surface area contributed by atoms with Gasteiger partial charge in [-0.3, -0.25) is 0 Å². The summed E-state index contributed by atoms with van der Waals surface area (Å²) < 4.78 is 20.1. The molecule has 0 bridgehead atoms. The van der Waals surface area contributed by atoms with Gasteiger partial charge in [0.15, 0.2) is 16.6 Å². The third-order valence-corrected chi connectivity index (χ3v) is 10.9. The van der Waals surface area contributed by atoms with Crippen LogP contribution >= 0.6 is 0 Å². The monoisotopic (exact) mass is 504 g/mol. The van der Waals surface area contributed by atoms with Crippen molar-refractivity contribution in [3.8, 4) is 5.75 Å². The number of hydrogen-bond donors (Lipinski definition) is 0. The molecule has 3 aliphatic carbocycles. The van der Waals surface area contributed by atoms with Crippen molar-refractivity contribution in [2.75, 3.05) is 0 Å². The molecule has 0 aromatic heterocycles. The molecule has 0 amide bonds. The highest BCUT2D eigenvalue weighted by Gasteiger charge is 2.57. The van der Waals surface area contributed by atoms with E-state index in [9.17, 15) is 0 Å². The SMILES string of the molecule is C[C@]12CC[C@@H]3c4ccc(O[Si](C)(C)C)cc4[C@H](O[Si](C)(C)C)C[C@H]3[C@@H]1CC[C@@H]2O[Si](C)(C)C. The molecule has 0 unspecified atom stereocenters. The van der Waals surface area contributed by atoms with E-state index in [1.165, 1.54) is 31.2 Å². The van der Waals surface area contributed by atoms with E-state index in [1.54, 1.807) is 5.56 Å². The van der Waals surface area contributed by atoms with Crippen molar-refractivity contribution < 1.29 is 13.3 Å². The standard InChI is InChI=1S/C27H48O3Si3/c1-27-16-15-21-20-12-11-19(28-31(2,3)4)17-23(20)25(29-32(5,6)7)18-22(21)24(27)13-14-26(27)30-33(8,9)10/h11-12,17,21-22,24-26H,13-16,18H2,1-10H3/t21-,22-,24+,25-,26+,27+/m1/s1.